The third kappa shape index (κ3) is 3.39. The Balaban J connectivity index is 2.04. The molecule has 0 N–H and O–H groups in total. The van der Waals surface area contributed by atoms with Crippen LogP contribution in [0.5, 0.6) is 0 Å². The van der Waals surface area contributed by atoms with E-state index in [0.29, 0.717) is 27.8 Å². The van der Waals surface area contributed by atoms with Gasteiger partial charge < -0.3 is 4.90 Å². The molecule has 1 amide bonds. The largest absolute Gasteiger partial charge is 0.308 e. The van der Waals surface area contributed by atoms with Gasteiger partial charge >= 0.3 is 0 Å². The lowest BCUT2D eigenvalue weighted by atomic mass is 10.1. The summed E-state index contributed by atoms with van der Waals surface area (Å²) in [6.45, 7) is 0.316. The number of nitro benzene ring substituents is 1. The summed E-state index contributed by atoms with van der Waals surface area (Å²) in [5, 5.41) is 10.8. The van der Waals surface area contributed by atoms with Crippen LogP contribution in [-0.2, 0) is 0 Å². The van der Waals surface area contributed by atoms with Gasteiger partial charge in [0.2, 0.25) is 0 Å². The first kappa shape index (κ1) is 17.5. The van der Waals surface area contributed by atoms with Gasteiger partial charge in [0.05, 0.1) is 16.2 Å². The monoisotopic (exact) mass is 454 g/mol. The van der Waals surface area contributed by atoms with Gasteiger partial charge in [-0.3, -0.25) is 19.7 Å². The van der Waals surface area contributed by atoms with Gasteiger partial charge in [-0.05, 0) is 53.3 Å². The molecule has 2 aromatic carbocycles. The molecule has 0 saturated carbocycles. The summed E-state index contributed by atoms with van der Waals surface area (Å²) in [6, 6.07) is 7.76. The number of benzene rings is 2. The molecule has 0 radical (unpaired) electrons. The van der Waals surface area contributed by atoms with Crippen LogP contribution in [0, 0.1) is 19.5 Å². The molecule has 3 rings (SSSR count). The lowest BCUT2D eigenvalue weighted by Crippen LogP contribution is -2.32. The summed E-state index contributed by atoms with van der Waals surface area (Å²) in [6.07, 6.45) is 0.696. The van der Waals surface area contributed by atoms with E-state index in [2.05, 4.69) is 0 Å². The fraction of sp³-hybridized carbons (Fsp3) is 0.176. The predicted molar refractivity (Wildman–Crippen MR) is 97.5 cm³/mol. The molecule has 1 aliphatic rings. The number of hydrogen-bond donors (Lipinski definition) is 0. The van der Waals surface area contributed by atoms with E-state index in [9.17, 15) is 24.1 Å². The summed E-state index contributed by atoms with van der Waals surface area (Å²) in [7, 11) is 0. The molecule has 2 aromatic rings. The number of rotatable bonds is 2. The van der Waals surface area contributed by atoms with Crippen molar-refractivity contribution in [3.05, 3.63) is 67.0 Å². The van der Waals surface area contributed by atoms with Crippen molar-refractivity contribution >= 4 is 45.7 Å². The second-order valence-electron chi connectivity index (χ2n) is 5.57. The maximum atomic E-state index is 13.5. The van der Waals surface area contributed by atoms with Crippen molar-refractivity contribution in [2.45, 2.75) is 12.8 Å². The van der Waals surface area contributed by atoms with Crippen LogP contribution in [-0.4, -0.2) is 23.2 Å². The molecule has 0 fully saturated rings. The van der Waals surface area contributed by atoms with Crippen molar-refractivity contribution < 1.29 is 18.9 Å². The molecule has 0 aromatic heterocycles. The summed E-state index contributed by atoms with van der Waals surface area (Å²) in [4.78, 5) is 36.9. The Hall–Kier alpha value is -2.36. The molecular weight excluding hydrogens is 442 g/mol. The van der Waals surface area contributed by atoms with E-state index >= 15 is 0 Å². The topological polar surface area (TPSA) is 80.5 Å². The molecule has 1 heterocycles. The number of carbonyl (C=O) groups excluding carboxylic acids is 2. The van der Waals surface area contributed by atoms with Crippen molar-refractivity contribution in [2.75, 3.05) is 11.4 Å². The van der Waals surface area contributed by atoms with Crippen molar-refractivity contribution in [1.29, 1.82) is 0 Å². The number of amides is 1. The number of nitro groups is 1. The lowest BCUT2D eigenvalue weighted by molar-refractivity contribution is -0.384. The zero-order chi connectivity index (χ0) is 18.1. The van der Waals surface area contributed by atoms with Gasteiger partial charge in [0.25, 0.3) is 11.6 Å². The van der Waals surface area contributed by atoms with E-state index in [-0.39, 0.29) is 29.4 Å². The van der Waals surface area contributed by atoms with E-state index in [4.69, 9.17) is 0 Å². The molecule has 0 unspecified atom stereocenters. The smallest absolute Gasteiger partial charge is 0.270 e. The first-order chi connectivity index (χ1) is 11.9. The van der Waals surface area contributed by atoms with Crippen LogP contribution in [0.15, 0.2) is 36.4 Å². The van der Waals surface area contributed by atoms with E-state index in [0.717, 1.165) is 6.07 Å². The minimum atomic E-state index is -0.536. The van der Waals surface area contributed by atoms with Crippen LogP contribution in [0.2, 0.25) is 0 Å². The minimum Gasteiger partial charge on any atom is -0.308 e. The quantitative estimate of drug-likeness (QED) is 0.391. The SMILES string of the molecule is O=C1CCCN(C(=O)c2ccc([N+](=O)[O-])cc2I)c2ccc(F)cc21. The highest BCUT2D eigenvalue weighted by molar-refractivity contribution is 14.1. The molecule has 0 atom stereocenters. The third-order valence-electron chi connectivity index (χ3n) is 3.97. The number of carbonyl (C=O) groups is 2. The number of anilines is 1. The summed E-state index contributed by atoms with van der Waals surface area (Å²) >= 11 is 1.87. The fourth-order valence-corrected chi connectivity index (χ4v) is 3.50. The fourth-order valence-electron chi connectivity index (χ4n) is 2.77. The first-order valence-corrected chi connectivity index (χ1v) is 8.55. The Morgan fingerprint density at radius 2 is 2.00 bits per heavy atom. The number of ketones is 1. The molecule has 0 spiro atoms. The minimum absolute atomic E-state index is 0.102. The van der Waals surface area contributed by atoms with Gasteiger partial charge in [-0.2, -0.15) is 0 Å². The van der Waals surface area contributed by atoms with Crippen LogP contribution in [0.3, 0.4) is 0 Å². The Morgan fingerprint density at radius 1 is 1.24 bits per heavy atom. The molecule has 8 heteroatoms. The average molecular weight is 454 g/mol. The summed E-state index contributed by atoms with van der Waals surface area (Å²) < 4.78 is 14.0. The second-order valence-corrected chi connectivity index (χ2v) is 6.73. The van der Waals surface area contributed by atoms with Gasteiger partial charge in [-0.1, -0.05) is 0 Å². The molecule has 25 heavy (non-hydrogen) atoms. The highest BCUT2D eigenvalue weighted by Gasteiger charge is 2.27. The van der Waals surface area contributed by atoms with E-state index < -0.39 is 10.7 Å². The molecule has 0 saturated heterocycles. The maximum absolute atomic E-state index is 13.5. The normalized spacial score (nSPS) is 14.0. The molecular formula is C17H12FIN2O4. The predicted octanol–water partition coefficient (Wildman–Crippen LogP) is 3.96. The molecule has 0 aliphatic carbocycles. The third-order valence-corrected chi connectivity index (χ3v) is 4.87. The van der Waals surface area contributed by atoms with E-state index in [1.807, 2.05) is 22.6 Å². The maximum Gasteiger partial charge on any atom is 0.270 e. The van der Waals surface area contributed by atoms with Gasteiger partial charge in [-0.15, -0.1) is 0 Å². The Morgan fingerprint density at radius 3 is 2.68 bits per heavy atom. The molecule has 0 bridgehead atoms. The lowest BCUT2D eigenvalue weighted by Gasteiger charge is -2.23. The first-order valence-electron chi connectivity index (χ1n) is 7.47. The van der Waals surface area contributed by atoms with Crippen LogP contribution < -0.4 is 4.90 Å². The zero-order valence-electron chi connectivity index (χ0n) is 12.9. The molecule has 6 nitrogen and oxygen atoms in total. The summed E-state index contributed by atoms with van der Waals surface area (Å²) in [5.74, 6) is -1.11. The van der Waals surface area contributed by atoms with Gasteiger partial charge in [0, 0.05) is 34.2 Å². The van der Waals surface area contributed by atoms with Crippen LogP contribution in [0.1, 0.15) is 33.6 Å². The van der Waals surface area contributed by atoms with Gasteiger partial charge in [0.15, 0.2) is 5.78 Å². The number of non-ortho nitro benzene ring substituents is 1. The Kier molecular flexibility index (Phi) is 4.80. The molecule has 1 aliphatic heterocycles. The number of Topliss-reactive ketones (excluding diaryl/α,β-unsaturated/α-hetero) is 1. The van der Waals surface area contributed by atoms with Crippen molar-refractivity contribution in [2.24, 2.45) is 0 Å². The van der Waals surface area contributed by atoms with Crippen LogP contribution in [0.4, 0.5) is 15.8 Å². The van der Waals surface area contributed by atoms with E-state index in [1.54, 1.807) is 0 Å². The van der Waals surface area contributed by atoms with Crippen LogP contribution >= 0.6 is 22.6 Å². The van der Waals surface area contributed by atoms with Crippen molar-refractivity contribution in [3.8, 4) is 0 Å². The second kappa shape index (κ2) is 6.87. The van der Waals surface area contributed by atoms with Crippen molar-refractivity contribution in [3.63, 3.8) is 0 Å². The van der Waals surface area contributed by atoms with Gasteiger partial charge in [0.1, 0.15) is 5.82 Å². The zero-order valence-corrected chi connectivity index (χ0v) is 15.0. The van der Waals surface area contributed by atoms with Gasteiger partial charge in [-0.25, -0.2) is 4.39 Å². The number of hydrogen-bond acceptors (Lipinski definition) is 4. The standard InChI is InChI=1S/C17H12FIN2O4/c18-10-3-6-15-13(8-10)16(22)2-1-7-20(15)17(23)12-5-4-11(21(24)25)9-14(12)19/h3-6,8-9H,1-2,7H2. The number of nitrogens with zero attached hydrogens (tertiary/aromatic N) is 2. The highest BCUT2D eigenvalue weighted by Crippen LogP contribution is 2.30. The highest BCUT2D eigenvalue weighted by atomic mass is 127. The Labute approximate surface area is 155 Å². The van der Waals surface area contributed by atoms with E-state index in [1.165, 1.54) is 35.2 Å². The molecule has 128 valence electrons. The number of fused-ring (bicyclic) bond motifs is 1. The average Bonchev–Trinajstić information content (AvgIpc) is 2.73. The summed E-state index contributed by atoms with van der Waals surface area (Å²) in [5.41, 5.74) is 0.746. The number of halogens is 2. The van der Waals surface area contributed by atoms with Crippen LogP contribution in [0.25, 0.3) is 0 Å². The Bertz CT molecular complexity index is 900. The van der Waals surface area contributed by atoms with Crippen molar-refractivity contribution in [1.82, 2.24) is 0 Å².